The fraction of sp³-hybridized carbons (Fsp3) is 0.875. The molecular formula is C16H31NO. The molecule has 1 N–H and O–H groups in total. The highest BCUT2D eigenvalue weighted by atomic mass is 16.5. The summed E-state index contributed by atoms with van der Waals surface area (Å²) < 4.78 is 6.02. The van der Waals surface area contributed by atoms with Crippen LogP contribution in [0.2, 0.25) is 0 Å². The summed E-state index contributed by atoms with van der Waals surface area (Å²) in [6.45, 7) is 13.3. The summed E-state index contributed by atoms with van der Waals surface area (Å²) in [5.74, 6) is 0.740. The lowest BCUT2D eigenvalue weighted by atomic mass is 10.0. The van der Waals surface area contributed by atoms with Crippen LogP contribution in [0.1, 0.15) is 60.3 Å². The second kappa shape index (κ2) is 7.30. The molecule has 1 unspecified atom stereocenters. The van der Waals surface area contributed by atoms with Crippen molar-refractivity contribution < 1.29 is 4.74 Å². The van der Waals surface area contributed by atoms with Crippen LogP contribution in [0.15, 0.2) is 11.6 Å². The molecule has 1 aliphatic rings. The van der Waals surface area contributed by atoms with Crippen LogP contribution in [0.5, 0.6) is 0 Å². The monoisotopic (exact) mass is 253 g/mol. The first-order valence-corrected chi connectivity index (χ1v) is 7.43. The van der Waals surface area contributed by atoms with E-state index in [4.69, 9.17) is 4.74 Å². The summed E-state index contributed by atoms with van der Waals surface area (Å²) in [6, 6.07) is 0. The molecule has 106 valence electrons. The summed E-state index contributed by atoms with van der Waals surface area (Å²) >= 11 is 0. The van der Waals surface area contributed by atoms with Gasteiger partial charge in [0.1, 0.15) is 0 Å². The van der Waals surface area contributed by atoms with E-state index in [1.807, 2.05) is 0 Å². The van der Waals surface area contributed by atoms with Crippen molar-refractivity contribution >= 4 is 0 Å². The highest BCUT2D eigenvalue weighted by Crippen LogP contribution is 2.32. The Morgan fingerprint density at radius 2 is 2.17 bits per heavy atom. The number of nitrogens with one attached hydrogen (secondary N) is 1. The molecule has 18 heavy (non-hydrogen) atoms. The van der Waals surface area contributed by atoms with Gasteiger partial charge in [-0.3, -0.25) is 0 Å². The number of hydrogen-bond donors (Lipinski definition) is 1. The minimum atomic E-state index is 0.101. The molecule has 0 aromatic carbocycles. The van der Waals surface area contributed by atoms with Crippen LogP contribution >= 0.6 is 0 Å². The maximum atomic E-state index is 6.02. The van der Waals surface area contributed by atoms with E-state index in [-0.39, 0.29) is 5.60 Å². The van der Waals surface area contributed by atoms with E-state index in [1.165, 1.54) is 18.4 Å². The van der Waals surface area contributed by atoms with Gasteiger partial charge in [0, 0.05) is 0 Å². The molecule has 0 aromatic rings. The van der Waals surface area contributed by atoms with Gasteiger partial charge in [0.2, 0.25) is 0 Å². The molecule has 1 rings (SSSR count). The quantitative estimate of drug-likeness (QED) is 0.548. The van der Waals surface area contributed by atoms with E-state index in [1.54, 1.807) is 0 Å². The molecule has 1 fully saturated rings. The van der Waals surface area contributed by atoms with Crippen molar-refractivity contribution in [1.29, 1.82) is 0 Å². The van der Waals surface area contributed by atoms with Crippen LogP contribution in [0, 0.1) is 5.92 Å². The molecule has 0 radical (unpaired) electrons. The number of hydrogen-bond acceptors (Lipinski definition) is 2. The first-order valence-electron chi connectivity index (χ1n) is 7.43. The van der Waals surface area contributed by atoms with Crippen LogP contribution in [0.3, 0.4) is 0 Å². The Morgan fingerprint density at radius 1 is 1.44 bits per heavy atom. The lowest BCUT2D eigenvalue weighted by molar-refractivity contribution is -0.0144. The Morgan fingerprint density at radius 3 is 2.72 bits per heavy atom. The first kappa shape index (κ1) is 15.7. The van der Waals surface area contributed by atoms with Gasteiger partial charge >= 0.3 is 0 Å². The molecule has 1 heterocycles. The van der Waals surface area contributed by atoms with E-state index in [0.717, 1.165) is 31.8 Å². The molecule has 1 saturated heterocycles. The predicted octanol–water partition coefficient (Wildman–Crippen LogP) is 3.92. The second-order valence-electron chi connectivity index (χ2n) is 6.68. The Kier molecular flexibility index (Phi) is 6.37. The third-order valence-electron chi connectivity index (χ3n) is 3.47. The van der Waals surface area contributed by atoms with Gasteiger partial charge in [-0.1, -0.05) is 25.5 Å². The van der Waals surface area contributed by atoms with Crippen molar-refractivity contribution in [2.24, 2.45) is 5.92 Å². The van der Waals surface area contributed by atoms with Gasteiger partial charge in [0.05, 0.1) is 11.7 Å². The van der Waals surface area contributed by atoms with Gasteiger partial charge < -0.3 is 10.1 Å². The summed E-state index contributed by atoms with van der Waals surface area (Å²) in [5, 5.41) is 3.47. The van der Waals surface area contributed by atoms with Gasteiger partial charge in [0.25, 0.3) is 0 Å². The summed E-state index contributed by atoms with van der Waals surface area (Å²) in [7, 11) is 0. The van der Waals surface area contributed by atoms with E-state index < -0.39 is 0 Å². The van der Waals surface area contributed by atoms with Crippen LogP contribution < -0.4 is 5.32 Å². The van der Waals surface area contributed by atoms with Crippen molar-refractivity contribution in [3.63, 3.8) is 0 Å². The van der Waals surface area contributed by atoms with Gasteiger partial charge in [-0.05, 0) is 65.5 Å². The van der Waals surface area contributed by atoms with Crippen molar-refractivity contribution in [3.05, 3.63) is 11.6 Å². The van der Waals surface area contributed by atoms with Crippen molar-refractivity contribution in [2.75, 3.05) is 13.1 Å². The summed E-state index contributed by atoms with van der Waals surface area (Å²) in [6.07, 6.45) is 7.45. The molecular weight excluding hydrogens is 222 g/mol. The normalized spacial score (nSPS) is 23.9. The molecule has 0 aromatic heterocycles. The molecule has 0 spiro atoms. The SMILES string of the molecule is C/C(=C/CCNCC(C)C)CC1CCC(C)(C)O1. The Balaban J connectivity index is 2.14. The third kappa shape index (κ3) is 6.55. The molecule has 1 atom stereocenters. The van der Waals surface area contributed by atoms with Crippen molar-refractivity contribution in [2.45, 2.75) is 72.0 Å². The minimum Gasteiger partial charge on any atom is -0.372 e. The largest absolute Gasteiger partial charge is 0.372 e. The zero-order valence-corrected chi connectivity index (χ0v) is 12.9. The van der Waals surface area contributed by atoms with E-state index in [0.29, 0.717) is 6.10 Å². The number of rotatable bonds is 7. The zero-order chi connectivity index (χ0) is 13.6. The van der Waals surface area contributed by atoms with Crippen LogP contribution in [0.4, 0.5) is 0 Å². The zero-order valence-electron chi connectivity index (χ0n) is 12.9. The highest BCUT2D eigenvalue weighted by Gasteiger charge is 2.31. The minimum absolute atomic E-state index is 0.101. The standard InChI is InChI=1S/C16H31NO/c1-13(2)12-17-10-6-7-14(3)11-15-8-9-16(4,5)18-15/h7,13,15,17H,6,8-12H2,1-5H3/b14-7-. The molecule has 2 heteroatoms. The lowest BCUT2D eigenvalue weighted by Gasteiger charge is -2.19. The molecule has 0 amide bonds. The molecule has 1 aliphatic heterocycles. The van der Waals surface area contributed by atoms with E-state index >= 15 is 0 Å². The lowest BCUT2D eigenvalue weighted by Crippen LogP contribution is -2.20. The Bertz CT molecular complexity index is 268. The molecule has 2 nitrogen and oxygen atoms in total. The van der Waals surface area contributed by atoms with Gasteiger partial charge in [-0.2, -0.15) is 0 Å². The average Bonchev–Trinajstić information content (AvgIpc) is 2.57. The fourth-order valence-corrected chi connectivity index (χ4v) is 2.48. The van der Waals surface area contributed by atoms with Gasteiger partial charge in [-0.25, -0.2) is 0 Å². The Hall–Kier alpha value is -0.340. The fourth-order valence-electron chi connectivity index (χ4n) is 2.48. The third-order valence-corrected chi connectivity index (χ3v) is 3.47. The van der Waals surface area contributed by atoms with E-state index in [2.05, 4.69) is 46.0 Å². The molecule has 0 saturated carbocycles. The first-order chi connectivity index (χ1) is 8.39. The van der Waals surface area contributed by atoms with Gasteiger partial charge in [-0.15, -0.1) is 0 Å². The number of ether oxygens (including phenoxy) is 1. The Labute approximate surface area is 113 Å². The average molecular weight is 253 g/mol. The molecule has 0 aliphatic carbocycles. The van der Waals surface area contributed by atoms with Crippen LogP contribution in [-0.4, -0.2) is 24.8 Å². The maximum Gasteiger partial charge on any atom is 0.0631 e. The second-order valence-corrected chi connectivity index (χ2v) is 6.68. The van der Waals surface area contributed by atoms with Gasteiger partial charge in [0.15, 0.2) is 0 Å². The molecule has 0 bridgehead atoms. The van der Waals surface area contributed by atoms with Crippen LogP contribution in [-0.2, 0) is 4.74 Å². The smallest absolute Gasteiger partial charge is 0.0631 e. The highest BCUT2D eigenvalue weighted by molar-refractivity contribution is 5.01. The topological polar surface area (TPSA) is 21.3 Å². The van der Waals surface area contributed by atoms with E-state index in [9.17, 15) is 0 Å². The maximum absolute atomic E-state index is 6.02. The summed E-state index contributed by atoms with van der Waals surface area (Å²) in [5.41, 5.74) is 1.58. The summed E-state index contributed by atoms with van der Waals surface area (Å²) in [4.78, 5) is 0. The van der Waals surface area contributed by atoms with Crippen molar-refractivity contribution in [3.8, 4) is 0 Å². The van der Waals surface area contributed by atoms with Crippen molar-refractivity contribution in [1.82, 2.24) is 5.32 Å². The van der Waals surface area contributed by atoms with Crippen LogP contribution in [0.25, 0.3) is 0 Å². The predicted molar refractivity (Wildman–Crippen MR) is 78.9 cm³/mol.